The summed E-state index contributed by atoms with van der Waals surface area (Å²) >= 11 is 2.07. The van der Waals surface area contributed by atoms with Crippen LogP contribution in [-0.2, 0) is 0 Å². The first kappa shape index (κ1) is 13.4. The molecule has 0 spiro atoms. The van der Waals surface area contributed by atoms with Gasteiger partial charge in [0.1, 0.15) is 0 Å². The summed E-state index contributed by atoms with van der Waals surface area (Å²) < 4.78 is 0. The molecule has 0 aliphatic heterocycles. The molecule has 1 saturated carbocycles. The predicted molar refractivity (Wildman–Crippen MR) is 71.5 cm³/mol. The zero-order chi connectivity index (χ0) is 11.3. The van der Waals surface area contributed by atoms with Crippen molar-refractivity contribution in [3.8, 4) is 0 Å². The van der Waals surface area contributed by atoms with Gasteiger partial charge in [-0.3, -0.25) is 0 Å². The van der Waals surface area contributed by atoms with Crippen LogP contribution in [0.5, 0.6) is 0 Å². The number of thioether (sulfide) groups is 1. The lowest BCUT2D eigenvalue weighted by atomic mass is 9.73. The highest BCUT2D eigenvalue weighted by atomic mass is 32.2. The fraction of sp³-hybridized carbons (Fsp3) is 1.00. The Labute approximate surface area is 99.8 Å². The summed E-state index contributed by atoms with van der Waals surface area (Å²) in [4.78, 5) is 0. The second kappa shape index (κ2) is 6.80. The van der Waals surface area contributed by atoms with E-state index < -0.39 is 0 Å². The maximum atomic E-state index is 3.52. The van der Waals surface area contributed by atoms with Crippen molar-refractivity contribution in [1.29, 1.82) is 0 Å². The third kappa shape index (κ3) is 3.99. The molecule has 1 rings (SSSR count). The highest BCUT2D eigenvalue weighted by Crippen LogP contribution is 2.35. The maximum Gasteiger partial charge on any atom is 0.0183 e. The number of hydrogen-bond acceptors (Lipinski definition) is 2. The van der Waals surface area contributed by atoms with Crippen molar-refractivity contribution >= 4 is 11.8 Å². The van der Waals surface area contributed by atoms with Crippen LogP contribution in [0.2, 0.25) is 0 Å². The molecule has 1 nitrogen and oxygen atoms in total. The number of hydrogen-bond donors (Lipinski definition) is 1. The molecule has 0 amide bonds. The van der Waals surface area contributed by atoms with E-state index in [1.807, 2.05) is 0 Å². The van der Waals surface area contributed by atoms with Crippen molar-refractivity contribution < 1.29 is 0 Å². The second-order valence-electron chi connectivity index (χ2n) is 5.08. The largest absolute Gasteiger partial charge is 0.316 e. The number of rotatable bonds is 5. The van der Waals surface area contributed by atoms with Gasteiger partial charge in [-0.1, -0.05) is 27.2 Å². The quantitative estimate of drug-likeness (QED) is 0.775. The Morgan fingerprint density at radius 3 is 2.53 bits per heavy atom. The summed E-state index contributed by atoms with van der Waals surface area (Å²) in [7, 11) is 2.13. The van der Waals surface area contributed by atoms with Crippen LogP contribution in [0.25, 0.3) is 0 Å². The Hall–Kier alpha value is 0.310. The fourth-order valence-electron chi connectivity index (χ4n) is 2.65. The van der Waals surface area contributed by atoms with Crippen molar-refractivity contribution in [3.05, 3.63) is 0 Å². The van der Waals surface area contributed by atoms with Crippen LogP contribution >= 0.6 is 11.8 Å². The second-order valence-corrected chi connectivity index (χ2v) is 6.40. The first-order chi connectivity index (χ1) is 7.19. The molecule has 0 aromatic heterocycles. The van der Waals surface area contributed by atoms with E-state index in [2.05, 4.69) is 44.9 Å². The summed E-state index contributed by atoms with van der Waals surface area (Å²) in [6, 6.07) is 0.741. The van der Waals surface area contributed by atoms with Gasteiger partial charge < -0.3 is 5.32 Å². The molecule has 0 heterocycles. The number of nitrogens with one attached hydrogen (secondary N) is 1. The van der Waals surface area contributed by atoms with E-state index in [0.717, 1.165) is 23.8 Å². The summed E-state index contributed by atoms with van der Waals surface area (Å²) in [5, 5.41) is 3.52. The van der Waals surface area contributed by atoms with E-state index in [9.17, 15) is 0 Å². The minimum Gasteiger partial charge on any atom is -0.316 e. The van der Waals surface area contributed by atoms with Gasteiger partial charge in [-0.05, 0) is 43.4 Å². The summed E-state index contributed by atoms with van der Waals surface area (Å²) in [6.45, 7) is 7.09. The Morgan fingerprint density at radius 1 is 1.27 bits per heavy atom. The van der Waals surface area contributed by atoms with Gasteiger partial charge in [0.2, 0.25) is 0 Å². The highest BCUT2D eigenvalue weighted by Gasteiger charge is 2.29. The van der Waals surface area contributed by atoms with Crippen LogP contribution in [-0.4, -0.2) is 24.6 Å². The monoisotopic (exact) mass is 229 g/mol. The molecule has 1 fully saturated rings. The van der Waals surface area contributed by atoms with Crippen LogP contribution in [0.3, 0.4) is 0 Å². The van der Waals surface area contributed by atoms with Crippen molar-refractivity contribution in [3.63, 3.8) is 0 Å². The Kier molecular flexibility index (Phi) is 6.06. The molecule has 1 aliphatic rings. The first-order valence-corrected chi connectivity index (χ1v) is 7.59. The fourth-order valence-corrected chi connectivity index (χ4v) is 3.58. The molecular formula is C13H27NS. The van der Waals surface area contributed by atoms with E-state index in [1.165, 1.54) is 30.8 Å². The molecule has 90 valence electrons. The Balaban J connectivity index is 2.39. The van der Waals surface area contributed by atoms with Gasteiger partial charge in [0, 0.05) is 11.8 Å². The van der Waals surface area contributed by atoms with Gasteiger partial charge >= 0.3 is 0 Å². The van der Waals surface area contributed by atoms with E-state index in [-0.39, 0.29) is 0 Å². The highest BCUT2D eigenvalue weighted by molar-refractivity contribution is 7.99. The average molecular weight is 229 g/mol. The van der Waals surface area contributed by atoms with Crippen LogP contribution in [0.15, 0.2) is 0 Å². The van der Waals surface area contributed by atoms with Gasteiger partial charge in [-0.25, -0.2) is 0 Å². The lowest BCUT2D eigenvalue weighted by molar-refractivity contribution is 0.181. The zero-order valence-electron chi connectivity index (χ0n) is 10.8. The lowest BCUT2D eigenvalue weighted by Crippen LogP contribution is -2.39. The topological polar surface area (TPSA) is 12.0 Å². The molecular weight excluding hydrogens is 202 g/mol. The molecule has 0 radical (unpaired) electrons. The Morgan fingerprint density at radius 2 is 2.00 bits per heavy atom. The van der Waals surface area contributed by atoms with E-state index >= 15 is 0 Å². The minimum atomic E-state index is 0.741. The van der Waals surface area contributed by atoms with Crippen LogP contribution in [0, 0.1) is 17.8 Å². The van der Waals surface area contributed by atoms with Gasteiger partial charge in [0.25, 0.3) is 0 Å². The van der Waals surface area contributed by atoms with Crippen molar-refractivity contribution in [2.45, 2.75) is 46.1 Å². The molecule has 4 unspecified atom stereocenters. The third-order valence-corrected chi connectivity index (χ3v) is 5.08. The van der Waals surface area contributed by atoms with Crippen LogP contribution < -0.4 is 5.32 Å². The molecule has 2 heteroatoms. The van der Waals surface area contributed by atoms with Gasteiger partial charge in [-0.2, -0.15) is 11.8 Å². The average Bonchev–Trinajstić information content (AvgIpc) is 2.24. The molecule has 0 aromatic rings. The minimum absolute atomic E-state index is 0.741. The van der Waals surface area contributed by atoms with Crippen molar-refractivity contribution in [2.75, 3.05) is 18.6 Å². The normalized spacial score (nSPS) is 34.0. The van der Waals surface area contributed by atoms with E-state index in [4.69, 9.17) is 0 Å². The molecule has 1 aliphatic carbocycles. The van der Waals surface area contributed by atoms with Gasteiger partial charge in [-0.15, -0.1) is 0 Å². The molecule has 0 saturated heterocycles. The first-order valence-electron chi connectivity index (χ1n) is 6.44. The molecule has 4 atom stereocenters. The molecule has 0 aromatic carbocycles. The van der Waals surface area contributed by atoms with Gasteiger partial charge in [0.05, 0.1) is 0 Å². The van der Waals surface area contributed by atoms with Crippen molar-refractivity contribution in [2.24, 2.45) is 17.8 Å². The smallest absolute Gasteiger partial charge is 0.0183 e. The van der Waals surface area contributed by atoms with Crippen LogP contribution in [0.1, 0.15) is 40.0 Å². The summed E-state index contributed by atoms with van der Waals surface area (Å²) in [5.74, 6) is 5.32. The maximum absolute atomic E-state index is 3.52. The molecule has 15 heavy (non-hydrogen) atoms. The molecule has 0 bridgehead atoms. The summed E-state index contributed by atoms with van der Waals surface area (Å²) in [5.41, 5.74) is 0. The lowest BCUT2D eigenvalue weighted by Gasteiger charge is -2.36. The summed E-state index contributed by atoms with van der Waals surface area (Å²) in [6.07, 6.45) is 4.29. The van der Waals surface area contributed by atoms with Gasteiger partial charge in [0.15, 0.2) is 0 Å². The van der Waals surface area contributed by atoms with E-state index in [0.29, 0.717) is 0 Å². The zero-order valence-corrected chi connectivity index (χ0v) is 11.6. The van der Waals surface area contributed by atoms with E-state index in [1.54, 1.807) is 0 Å². The predicted octanol–water partition coefficient (Wildman–Crippen LogP) is 3.40. The Bertz CT molecular complexity index is 172. The third-order valence-electron chi connectivity index (χ3n) is 4.08. The molecule has 1 N–H and O–H groups in total. The van der Waals surface area contributed by atoms with Crippen LogP contribution in [0.4, 0.5) is 0 Å². The SMILES string of the molecule is CCSCC(NC)C1CCC(C)C(C)C1. The standard InChI is InChI=1S/C13H27NS/c1-5-15-9-13(14-4)12-7-6-10(2)11(3)8-12/h10-14H,5-9H2,1-4H3. The van der Waals surface area contributed by atoms with Crippen molar-refractivity contribution in [1.82, 2.24) is 5.32 Å².